The van der Waals surface area contributed by atoms with Gasteiger partial charge in [-0.05, 0) is 18.2 Å². The lowest BCUT2D eigenvalue weighted by molar-refractivity contribution is 0.411. The number of pyridine rings is 1. The number of rotatable bonds is 2. The Balaban J connectivity index is 2.46. The molecule has 0 radical (unpaired) electrons. The third-order valence-electron chi connectivity index (χ3n) is 2.09. The van der Waals surface area contributed by atoms with Crippen LogP contribution in [0.1, 0.15) is 0 Å². The fourth-order valence-electron chi connectivity index (χ4n) is 1.31. The lowest BCUT2D eigenvalue weighted by Crippen LogP contribution is -2.05. The first-order valence-corrected chi connectivity index (χ1v) is 5.51. The van der Waals surface area contributed by atoms with Crippen LogP contribution in [0.25, 0.3) is 0 Å². The summed E-state index contributed by atoms with van der Waals surface area (Å²) in [6.07, 6.45) is 0. The average Bonchev–Trinajstić information content (AvgIpc) is 2.32. The van der Waals surface area contributed by atoms with Crippen molar-refractivity contribution in [1.29, 1.82) is 0 Å². The van der Waals surface area contributed by atoms with Gasteiger partial charge < -0.3 is 5.32 Å². The van der Waals surface area contributed by atoms with Crippen LogP contribution in [0.3, 0.4) is 0 Å². The summed E-state index contributed by atoms with van der Waals surface area (Å²) in [6, 6.07) is 6.26. The summed E-state index contributed by atoms with van der Waals surface area (Å²) < 4.78 is 53.0. The Morgan fingerprint density at radius 2 is 1.61 bits per heavy atom. The largest absolute Gasteiger partial charge is 0.350 e. The molecule has 1 aromatic carbocycles. The molecular weight excluding hydrogens is 316 g/mol. The van der Waals surface area contributed by atoms with Crippen molar-refractivity contribution in [2.24, 2.45) is 0 Å². The molecule has 18 heavy (non-hydrogen) atoms. The zero-order valence-corrected chi connectivity index (χ0v) is 10.2. The number of anilines is 2. The van der Waals surface area contributed by atoms with E-state index in [-0.39, 0.29) is 5.69 Å². The molecule has 0 amide bonds. The van der Waals surface area contributed by atoms with Gasteiger partial charge in [0.05, 0.1) is 0 Å². The summed E-state index contributed by atoms with van der Waals surface area (Å²) >= 11 is 3.15. The van der Waals surface area contributed by atoms with Crippen molar-refractivity contribution in [2.75, 3.05) is 5.32 Å². The van der Waals surface area contributed by atoms with E-state index in [2.05, 4.69) is 26.2 Å². The topological polar surface area (TPSA) is 24.9 Å². The second kappa shape index (κ2) is 4.93. The van der Waals surface area contributed by atoms with Crippen LogP contribution in [-0.4, -0.2) is 4.98 Å². The number of nitrogens with one attached hydrogen (secondary N) is 1. The second-order valence-electron chi connectivity index (χ2n) is 3.33. The van der Waals surface area contributed by atoms with Crippen molar-refractivity contribution in [3.63, 3.8) is 0 Å². The van der Waals surface area contributed by atoms with Crippen LogP contribution in [-0.2, 0) is 0 Å². The first-order valence-electron chi connectivity index (χ1n) is 4.71. The van der Waals surface area contributed by atoms with E-state index in [0.29, 0.717) is 4.47 Å². The molecule has 0 aliphatic heterocycles. The first kappa shape index (κ1) is 12.8. The molecular formula is C11H5BrF4N2. The van der Waals surface area contributed by atoms with Crippen LogP contribution in [0, 0.1) is 23.5 Å². The number of benzene rings is 1. The van der Waals surface area contributed by atoms with Crippen molar-refractivity contribution in [1.82, 2.24) is 4.98 Å². The van der Waals surface area contributed by atoms with Crippen LogP contribution in [0.2, 0.25) is 0 Å². The van der Waals surface area contributed by atoms with E-state index in [1.54, 1.807) is 12.1 Å². The fraction of sp³-hybridized carbons (Fsp3) is 0. The maximum atomic E-state index is 13.3. The van der Waals surface area contributed by atoms with Gasteiger partial charge in [0.1, 0.15) is 5.69 Å². The summed E-state index contributed by atoms with van der Waals surface area (Å²) in [5.74, 6) is -6.56. The molecule has 2 aromatic rings. The Morgan fingerprint density at radius 3 is 2.17 bits per heavy atom. The van der Waals surface area contributed by atoms with E-state index in [9.17, 15) is 17.6 Å². The SMILES string of the molecule is Fc1nc(F)c(F)c(Nc2cccc(Br)c2)c1F. The Kier molecular flexibility index (Phi) is 3.51. The van der Waals surface area contributed by atoms with E-state index in [0.717, 1.165) is 0 Å². The van der Waals surface area contributed by atoms with E-state index in [4.69, 9.17) is 0 Å². The highest BCUT2D eigenvalue weighted by Crippen LogP contribution is 2.26. The number of hydrogen-bond donors (Lipinski definition) is 1. The highest BCUT2D eigenvalue weighted by Gasteiger charge is 2.20. The van der Waals surface area contributed by atoms with Crippen LogP contribution < -0.4 is 5.32 Å². The molecule has 1 N–H and O–H groups in total. The summed E-state index contributed by atoms with van der Waals surface area (Å²) in [5.41, 5.74) is -0.648. The predicted octanol–water partition coefficient (Wildman–Crippen LogP) is 4.14. The zero-order chi connectivity index (χ0) is 13.3. The maximum absolute atomic E-state index is 13.3. The molecule has 0 aliphatic rings. The number of aromatic nitrogens is 1. The van der Waals surface area contributed by atoms with E-state index in [1.165, 1.54) is 12.1 Å². The van der Waals surface area contributed by atoms with Crippen LogP contribution >= 0.6 is 15.9 Å². The molecule has 1 aromatic heterocycles. The summed E-state index contributed by atoms with van der Waals surface area (Å²) in [4.78, 5) is 2.46. The van der Waals surface area contributed by atoms with Gasteiger partial charge in [-0.1, -0.05) is 22.0 Å². The zero-order valence-electron chi connectivity index (χ0n) is 8.65. The summed E-state index contributed by atoms with van der Waals surface area (Å²) in [7, 11) is 0. The normalized spacial score (nSPS) is 10.5. The Bertz CT molecular complexity index is 578. The standard InChI is InChI=1S/C11H5BrF4N2/c12-5-2-1-3-6(4-5)17-9-7(13)10(15)18-11(16)8(9)14/h1-4H,(H,17,18). The molecule has 2 nitrogen and oxygen atoms in total. The molecule has 0 saturated heterocycles. The summed E-state index contributed by atoms with van der Waals surface area (Å²) in [5, 5.41) is 2.26. The van der Waals surface area contributed by atoms with Crippen molar-refractivity contribution in [3.05, 3.63) is 52.3 Å². The minimum atomic E-state index is -1.70. The quantitative estimate of drug-likeness (QED) is 0.664. The molecule has 0 unspecified atom stereocenters. The van der Waals surface area contributed by atoms with Crippen molar-refractivity contribution >= 4 is 27.3 Å². The number of hydrogen-bond acceptors (Lipinski definition) is 2. The van der Waals surface area contributed by atoms with Gasteiger partial charge in [-0.3, -0.25) is 0 Å². The Morgan fingerprint density at radius 1 is 1.00 bits per heavy atom. The monoisotopic (exact) mass is 320 g/mol. The van der Waals surface area contributed by atoms with Gasteiger partial charge in [0.2, 0.25) is 11.6 Å². The molecule has 7 heteroatoms. The van der Waals surface area contributed by atoms with Crippen molar-refractivity contribution < 1.29 is 17.6 Å². The maximum Gasteiger partial charge on any atom is 0.253 e. The third-order valence-corrected chi connectivity index (χ3v) is 2.58. The molecule has 0 atom stereocenters. The van der Waals surface area contributed by atoms with Gasteiger partial charge in [-0.2, -0.15) is 22.5 Å². The highest BCUT2D eigenvalue weighted by molar-refractivity contribution is 9.10. The van der Waals surface area contributed by atoms with Crippen molar-refractivity contribution in [2.45, 2.75) is 0 Å². The number of nitrogens with zero attached hydrogens (tertiary/aromatic N) is 1. The molecule has 1 heterocycles. The van der Waals surface area contributed by atoms with E-state index < -0.39 is 29.2 Å². The van der Waals surface area contributed by atoms with Gasteiger partial charge in [0.15, 0.2) is 0 Å². The second-order valence-corrected chi connectivity index (χ2v) is 4.25. The molecule has 94 valence electrons. The smallest absolute Gasteiger partial charge is 0.253 e. The molecule has 0 aliphatic carbocycles. The highest BCUT2D eigenvalue weighted by atomic mass is 79.9. The van der Waals surface area contributed by atoms with Gasteiger partial charge in [0.25, 0.3) is 11.9 Å². The predicted molar refractivity (Wildman–Crippen MR) is 61.5 cm³/mol. The molecule has 0 fully saturated rings. The minimum absolute atomic E-state index is 0.271. The molecule has 2 rings (SSSR count). The number of halogens is 5. The molecule has 0 saturated carbocycles. The van der Waals surface area contributed by atoms with Crippen LogP contribution in [0.4, 0.5) is 28.9 Å². The van der Waals surface area contributed by atoms with E-state index in [1.807, 2.05) is 0 Å². The average molecular weight is 321 g/mol. The van der Waals surface area contributed by atoms with Crippen LogP contribution in [0.5, 0.6) is 0 Å². The van der Waals surface area contributed by atoms with Gasteiger partial charge >= 0.3 is 0 Å². The lowest BCUT2D eigenvalue weighted by atomic mass is 10.3. The van der Waals surface area contributed by atoms with Gasteiger partial charge in [0, 0.05) is 10.2 Å². The van der Waals surface area contributed by atoms with Gasteiger partial charge in [-0.25, -0.2) is 0 Å². The van der Waals surface area contributed by atoms with Crippen LogP contribution in [0.15, 0.2) is 28.7 Å². The lowest BCUT2D eigenvalue weighted by Gasteiger charge is -2.09. The Hall–Kier alpha value is -1.63. The first-order chi connectivity index (χ1) is 8.49. The minimum Gasteiger partial charge on any atom is -0.350 e. The fourth-order valence-corrected chi connectivity index (χ4v) is 1.71. The molecule has 0 spiro atoms. The van der Waals surface area contributed by atoms with E-state index >= 15 is 0 Å². The van der Waals surface area contributed by atoms with Crippen molar-refractivity contribution in [3.8, 4) is 0 Å². The third kappa shape index (κ3) is 2.45. The van der Waals surface area contributed by atoms with Gasteiger partial charge in [-0.15, -0.1) is 0 Å². The Labute approximate surface area is 108 Å². The summed E-state index contributed by atoms with van der Waals surface area (Å²) in [6.45, 7) is 0. The molecule has 0 bridgehead atoms.